The second-order valence-electron chi connectivity index (χ2n) is 14.5. The minimum atomic E-state index is 0.104. The molecular weight excluding hydrogens is 748 g/mol. The number of rotatable bonds is 20. The molecule has 0 radical (unpaired) electrons. The summed E-state index contributed by atoms with van der Waals surface area (Å²) >= 11 is 9.28. The van der Waals surface area contributed by atoms with Gasteiger partial charge in [0.1, 0.15) is 24.7 Å². The number of halogens is 1. The SMILES string of the molecule is CCCC(CCC)c1ccc(OCc2ccc(-c3ccc(CCl)s3)cc2)cc1.CCCC(CCC)c1ccc(OCc2ccc(-c3ccc(CO)s3)cc2)cc1. The molecule has 0 aliphatic carbocycles. The summed E-state index contributed by atoms with van der Waals surface area (Å²) in [5, 5.41) is 9.21. The van der Waals surface area contributed by atoms with E-state index in [-0.39, 0.29) is 6.61 Å². The maximum absolute atomic E-state index is 9.21. The van der Waals surface area contributed by atoms with Gasteiger partial charge in [-0.25, -0.2) is 0 Å². The second kappa shape index (κ2) is 23.4. The van der Waals surface area contributed by atoms with Crippen molar-refractivity contribution in [2.24, 2.45) is 0 Å². The summed E-state index contributed by atoms with van der Waals surface area (Å²) in [6.45, 7) is 10.3. The fourth-order valence-electron chi connectivity index (χ4n) is 7.11. The Hall–Kier alpha value is -3.87. The molecule has 0 saturated heterocycles. The molecule has 0 amide bonds. The van der Waals surface area contributed by atoms with Crippen LogP contribution in [0.2, 0.25) is 0 Å². The third-order valence-corrected chi connectivity index (χ3v) is 12.9. The van der Waals surface area contributed by atoms with Gasteiger partial charge in [-0.1, -0.05) is 126 Å². The lowest BCUT2D eigenvalue weighted by atomic mass is 9.90. The van der Waals surface area contributed by atoms with Gasteiger partial charge in [0.25, 0.3) is 0 Å². The molecule has 0 unspecified atom stereocenters. The van der Waals surface area contributed by atoms with E-state index in [1.54, 1.807) is 22.7 Å². The maximum atomic E-state index is 9.21. The topological polar surface area (TPSA) is 38.7 Å². The first-order valence-electron chi connectivity index (χ1n) is 20.4. The van der Waals surface area contributed by atoms with Crippen LogP contribution in [0, 0.1) is 0 Å². The minimum absolute atomic E-state index is 0.104. The van der Waals surface area contributed by atoms with Crippen molar-refractivity contribution < 1.29 is 14.6 Å². The summed E-state index contributed by atoms with van der Waals surface area (Å²) in [5.41, 5.74) is 7.60. The number of ether oxygens (including phenoxy) is 2. The summed E-state index contributed by atoms with van der Waals surface area (Å²) in [6, 6.07) is 42.7. The van der Waals surface area contributed by atoms with Gasteiger partial charge in [-0.3, -0.25) is 0 Å². The lowest BCUT2D eigenvalue weighted by molar-refractivity contribution is 0.285. The summed E-state index contributed by atoms with van der Waals surface area (Å²) < 4.78 is 12.0. The first kappa shape index (κ1) is 43.3. The van der Waals surface area contributed by atoms with E-state index < -0.39 is 0 Å². The van der Waals surface area contributed by atoms with Crippen molar-refractivity contribution in [2.45, 2.75) is 117 Å². The van der Waals surface area contributed by atoms with Gasteiger partial charge in [0.05, 0.1) is 12.5 Å². The van der Waals surface area contributed by atoms with Gasteiger partial charge < -0.3 is 14.6 Å². The molecule has 1 N–H and O–H groups in total. The number of benzene rings is 4. The van der Waals surface area contributed by atoms with Crippen LogP contribution in [0.3, 0.4) is 0 Å². The zero-order valence-electron chi connectivity index (χ0n) is 33.6. The quantitative estimate of drug-likeness (QED) is 0.0781. The highest BCUT2D eigenvalue weighted by molar-refractivity contribution is 7.15. The Balaban J connectivity index is 0.000000214. The largest absolute Gasteiger partial charge is 0.489 e. The van der Waals surface area contributed by atoms with Crippen LogP contribution in [0.1, 0.15) is 123 Å². The van der Waals surface area contributed by atoms with Crippen molar-refractivity contribution in [3.05, 3.63) is 153 Å². The Morgan fingerprint density at radius 1 is 0.482 bits per heavy atom. The lowest BCUT2D eigenvalue weighted by Crippen LogP contribution is -1.99. The predicted octanol–water partition coefficient (Wildman–Crippen LogP) is 15.6. The molecular formula is C50H59ClO3S2. The molecule has 6 heteroatoms. The fourth-order valence-corrected chi connectivity index (χ4v) is 9.10. The Morgan fingerprint density at radius 2 is 0.857 bits per heavy atom. The number of hydrogen-bond acceptors (Lipinski definition) is 5. The van der Waals surface area contributed by atoms with Gasteiger partial charge in [0, 0.05) is 19.5 Å². The average Bonchev–Trinajstić information content (AvgIpc) is 3.94. The zero-order chi connectivity index (χ0) is 39.5. The van der Waals surface area contributed by atoms with E-state index in [9.17, 15) is 5.11 Å². The molecule has 6 rings (SSSR count). The minimum Gasteiger partial charge on any atom is -0.489 e. The Labute approximate surface area is 349 Å². The third-order valence-electron chi connectivity index (χ3n) is 10.2. The van der Waals surface area contributed by atoms with E-state index in [1.165, 1.54) is 93.8 Å². The number of hydrogen-bond donors (Lipinski definition) is 1. The highest BCUT2D eigenvalue weighted by Crippen LogP contribution is 2.32. The predicted molar refractivity (Wildman–Crippen MR) is 242 cm³/mol. The third kappa shape index (κ3) is 13.1. The molecule has 296 valence electrons. The number of thiophene rings is 2. The average molecular weight is 808 g/mol. The number of aliphatic hydroxyl groups is 1. The second-order valence-corrected chi connectivity index (χ2v) is 17.1. The molecule has 4 aromatic carbocycles. The number of aliphatic hydroxyl groups excluding tert-OH is 1. The molecule has 0 saturated carbocycles. The molecule has 0 spiro atoms. The van der Waals surface area contributed by atoms with Gasteiger partial charge in [-0.15, -0.1) is 34.3 Å². The van der Waals surface area contributed by atoms with Crippen LogP contribution in [0.5, 0.6) is 11.5 Å². The first-order valence-corrected chi connectivity index (χ1v) is 22.6. The first-order chi connectivity index (χ1) is 27.5. The van der Waals surface area contributed by atoms with Crippen molar-refractivity contribution in [3.8, 4) is 32.4 Å². The van der Waals surface area contributed by atoms with Crippen LogP contribution >= 0.6 is 34.3 Å². The molecule has 56 heavy (non-hydrogen) atoms. The van der Waals surface area contributed by atoms with Crippen molar-refractivity contribution >= 4 is 34.3 Å². The van der Waals surface area contributed by atoms with Gasteiger partial charge in [0.15, 0.2) is 0 Å². The van der Waals surface area contributed by atoms with E-state index >= 15 is 0 Å². The highest BCUT2D eigenvalue weighted by atomic mass is 35.5. The van der Waals surface area contributed by atoms with Crippen molar-refractivity contribution in [1.29, 1.82) is 0 Å². The van der Waals surface area contributed by atoms with Gasteiger partial charge in [-0.2, -0.15) is 0 Å². The van der Waals surface area contributed by atoms with Crippen LogP contribution in [0.15, 0.2) is 121 Å². The molecule has 0 aliphatic rings. The van der Waals surface area contributed by atoms with E-state index in [1.807, 2.05) is 6.07 Å². The summed E-state index contributed by atoms with van der Waals surface area (Å²) in [4.78, 5) is 4.63. The highest BCUT2D eigenvalue weighted by Gasteiger charge is 2.11. The van der Waals surface area contributed by atoms with Gasteiger partial charge in [-0.05, 0) is 119 Å². The molecule has 0 atom stereocenters. The van der Waals surface area contributed by atoms with Crippen LogP contribution in [-0.2, 0) is 25.7 Å². The van der Waals surface area contributed by atoms with E-state index in [2.05, 4.69) is 143 Å². The Kier molecular flexibility index (Phi) is 18.1. The molecule has 0 aliphatic heterocycles. The molecule has 0 fully saturated rings. The maximum Gasteiger partial charge on any atom is 0.119 e. The molecule has 0 bridgehead atoms. The van der Waals surface area contributed by atoms with E-state index in [4.69, 9.17) is 21.1 Å². The smallest absolute Gasteiger partial charge is 0.119 e. The summed E-state index contributed by atoms with van der Waals surface area (Å²) in [5.74, 6) is 3.77. The molecule has 3 nitrogen and oxygen atoms in total. The molecule has 2 heterocycles. The normalized spacial score (nSPS) is 11.1. The monoisotopic (exact) mass is 806 g/mol. The van der Waals surface area contributed by atoms with Crippen LogP contribution in [0.4, 0.5) is 0 Å². The summed E-state index contributed by atoms with van der Waals surface area (Å²) in [7, 11) is 0. The molecule has 2 aromatic heterocycles. The zero-order valence-corrected chi connectivity index (χ0v) is 36.0. The molecule has 6 aromatic rings. The number of alkyl halides is 1. The van der Waals surface area contributed by atoms with Crippen molar-refractivity contribution in [2.75, 3.05) is 0 Å². The van der Waals surface area contributed by atoms with Crippen LogP contribution < -0.4 is 9.47 Å². The fraction of sp³-hybridized carbons (Fsp3) is 0.360. The standard InChI is InChI=1S/C25H29ClOS.C25H30O2S/c2*1-3-5-20(6-4-2)21-11-13-23(14-12-21)27-18-19-7-9-22(10-8-19)25-16-15-24(17-26)28-25/h7-16,20H,3-6,17-18H2,1-2H3;7-16,20,26H,3-6,17-18H2,1-2H3. The van der Waals surface area contributed by atoms with Crippen molar-refractivity contribution in [3.63, 3.8) is 0 Å². The summed E-state index contributed by atoms with van der Waals surface area (Å²) in [6.07, 6.45) is 9.95. The van der Waals surface area contributed by atoms with Crippen LogP contribution in [0.25, 0.3) is 20.9 Å². The van der Waals surface area contributed by atoms with E-state index in [0.29, 0.717) is 30.9 Å². The van der Waals surface area contributed by atoms with E-state index in [0.717, 1.165) is 21.9 Å². The van der Waals surface area contributed by atoms with Crippen molar-refractivity contribution in [1.82, 2.24) is 0 Å². The lowest BCUT2D eigenvalue weighted by Gasteiger charge is -2.16. The van der Waals surface area contributed by atoms with Crippen LogP contribution in [-0.4, -0.2) is 5.11 Å². The Morgan fingerprint density at radius 3 is 1.18 bits per heavy atom. The Bertz CT molecular complexity index is 1800. The van der Waals surface area contributed by atoms with Gasteiger partial charge in [0.2, 0.25) is 0 Å². The van der Waals surface area contributed by atoms with Gasteiger partial charge >= 0.3 is 0 Å².